The highest BCUT2D eigenvalue weighted by Crippen LogP contribution is 2.30. The number of alkyl halides is 3. The molecule has 0 atom stereocenters. The lowest BCUT2D eigenvalue weighted by atomic mass is 10.1. The highest BCUT2D eigenvalue weighted by atomic mass is 19.4. The van der Waals surface area contributed by atoms with Crippen molar-refractivity contribution in [3.05, 3.63) is 102 Å². The van der Waals surface area contributed by atoms with Gasteiger partial charge >= 0.3 is 6.18 Å². The third kappa shape index (κ3) is 6.66. The van der Waals surface area contributed by atoms with Crippen LogP contribution in [0.15, 0.2) is 91.0 Å². The molecule has 1 aliphatic rings. The summed E-state index contributed by atoms with van der Waals surface area (Å²) in [5.74, 6) is 1.80. The minimum atomic E-state index is -4.40. The molecule has 2 aromatic heterocycles. The van der Waals surface area contributed by atoms with Crippen molar-refractivity contribution in [3.8, 4) is 22.8 Å². The Morgan fingerprint density at radius 3 is 2.40 bits per heavy atom. The van der Waals surface area contributed by atoms with Crippen molar-refractivity contribution in [3.63, 3.8) is 0 Å². The number of halogens is 3. The van der Waals surface area contributed by atoms with E-state index in [9.17, 15) is 13.2 Å². The Balaban J connectivity index is 1.12. The largest absolute Gasteiger partial charge is 0.492 e. The summed E-state index contributed by atoms with van der Waals surface area (Å²) in [4.78, 5) is 7.04. The van der Waals surface area contributed by atoms with Crippen LogP contribution >= 0.6 is 0 Å². The molecule has 1 fully saturated rings. The monoisotopic (exact) mass is 573 g/mol. The zero-order chi connectivity index (χ0) is 28.9. The topological polar surface area (TPSA) is 63.9 Å². The molecule has 0 aliphatic carbocycles. The Morgan fingerprint density at radius 1 is 0.810 bits per heavy atom. The molecule has 5 aromatic rings. The van der Waals surface area contributed by atoms with Crippen LogP contribution in [-0.2, 0) is 12.8 Å². The molecule has 42 heavy (non-hydrogen) atoms. The van der Waals surface area contributed by atoms with E-state index in [1.165, 1.54) is 18.9 Å². The van der Waals surface area contributed by atoms with Crippen LogP contribution in [0.25, 0.3) is 16.9 Å². The second kappa shape index (κ2) is 12.1. The van der Waals surface area contributed by atoms with E-state index in [0.717, 1.165) is 54.5 Å². The number of fused-ring (bicyclic) bond motifs is 1. The highest BCUT2D eigenvalue weighted by molar-refractivity contribution is 5.66. The molecule has 216 valence electrons. The first-order valence-electron chi connectivity index (χ1n) is 13.9. The van der Waals surface area contributed by atoms with Crippen molar-refractivity contribution in [2.75, 3.05) is 31.6 Å². The molecule has 0 radical (unpaired) electrons. The number of nitrogens with one attached hydrogen (secondary N) is 1. The second-order valence-corrected chi connectivity index (χ2v) is 10.2. The van der Waals surface area contributed by atoms with Crippen LogP contribution in [0.5, 0.6) is 11.5 Å². The van der Waals surface area contributed by atoms with Crippen LogP contribution in [0.4, 0.5) is 24.8 Å². The molecule has 7 nitrogen and oxygen atoms in total. The van der Waals surface area contributed by atoms with Crippen LogP contribution in [0.3, 0.4) is 0 Å². The van der Waals surface area contributed by atoms with Crippen molar-refractivity contribution in [2.45, 2.75) is 25.6 Å². The van der Waals surface area contributed by atoms with Crippen molar-refractivity contribution < 1.29 is 22.6 Å². The second-order valence-electron chi connectivity index (χ2n) is 10.2. The van der Waals surface area contributed by atoms with Gasteiger partial charge < -0.3 is 14.8 Å². The number of pyridine rings is 1. The maximum absolute atomic E-state index is 13.1. The third-order valence-corrected chi connectivity index (χ3v) is 7.13. The molecule has 0 saturated carbocycles. The quantitative estimate of drug-likeness (QED) is 0.191. The molecular weight excluding hydrogens is 543 g/mol. The summed E-state index contributed by atoms with van der Waals surface area (Å²) < 4.78 is 52.7. The van der Waals surface area contributed by atoms with Gasteiger partial charge in [-0.25, -0.2) is 4.52 Å². The van der Waals surface area contributed by atoms with Crippen molar-refractivity contribution >= 4 is 17.3 Å². The summed E-state index contributed by atoms with van der Waals surface area (Å²) in [6.45, 7) is 3.93. The maximum Gasteiger partial charge on any atom is 0.416 e. The molecule has 3 aromatic carbocycles. The lowest BCUT2D eigenvalue weighted by Crippen LogP contribution is -2.25. The standard InChI is InChI=1S/C32H30F3N5O2/c33-32(34,35)25-8-3-6-23(20-25)22-42-28-9-4-7-24(21-28)29-10-5-11-30-37-31(38-40(29)30)36-26-12-14-27(15-13-26)41-19-18-39-16-1-2-17-39/h3-15,20-21H,1-2,16-19,22H2,(H,36,38). The number of nitrogens with zero attached hydrogens (tertiary/aromatic N) is 4. The Bertz CT molecular complexity index is 1650. The van der Waals surface area contributed by atoms with E-state index < -0.39 is 11.7 Å². The van der Waals surface area contributed by atoms with Crippen LogP contribution in [0.2, 0.25) is 0 Å². The zero-order valence-corrected chi connectivity index (χ0v) is 22.8. The first-order valence-corrected chi connectivity index (χ1v) is 13.9. The molecule has 3 heterocycles. The van der Waals surface area contributed by atoms with E-state index in [4.69, 9.17) is 9.47 Å². The van der Waals surface area contributed by atoms with E-state index in [1.807, 2.05) is 60.7 Å². The summed E-state index contributed by atoms with van der Waals surface area (Å²) in [5, 5.41) is 7.92. The number of anilines is 2. The number of benzene rings is 3. The molecule has 0 amide bonds. The van der Waals surface area contributed by atoms with E-state index in [0.29, 0.717) is 29.5 Å². The van der Waals surface area contributed by atoms with Gasteiger partial charge in [-0.1, -0.05) is 30.3 Å². The van der Waals surface area contributed by atoms with Gasteiger partial charge in [0.15, 0.2) is 5.65 Å². The lowest BCUT2D eigenvalue weighted by Gasteiger charge is -2.15. The van der Waals surface area contributed by atoms with Gasteiger partial charge in [0.1, 0.15) is 24.7 Å². The molecule has 1 aliphatic heterocycles. The first kappa shape index (κ1) is 27.6. The predicted molar refractivity (Wildman–Crippen MR) is 155 cm³/mol. The minimum Gasteiger partial charge on any atom is -0.492 e. The molecular formula is C32H30F3N5O2. The Labute approximate surface area is 241 Å². The van der Waals surface area contributed by atoms with Crippen LogP contribution in [-0.4, -0.2) is 45.7 Å². The van der Waals surface area contributed by atoms with Gasteiger partial charge in [0.05, 0.1) is 11.3 Å². The lowest BCUT2D eigenvalue weighted by molar-refractivity contribution is -0.137. The van der Waals surface area contributed by atoms with Gasteiger partial charge in [0.25, 0.3) is 0 Å². The molecule has 6 rings (SSSR count). The fraction of sp³-hybridized carbons (Fsp3) is 0.250. The number of rotatable bonds is 10. The fourth-order valence-corrected chi connectivity index (χ4v) is 4.99. The van der Waals surface area contributed by atoms with Crippen LogP contribution in [0.1, 0.15) is 24.0 Å². The van der Waals surface area contributed by atoms with Crippen LogP contribution in [0, 0.1) is 0 Å². The predicted octanol–water partition coefficient (Wildman–Crippen LogP) is 7.21. The average Bonchev–Trinajstić information content (AvgIpc) is 3.66. The van der Waals surface area contributed by atoms with Crippen molar-refractivity contribution in [2.24, 2.45) is 0 Å². The Morgan fingerprint density at radius 2 is 1.60 bits per heavy atom. The fourth-order valence-electron chi connectivity index (χ4n) is 4.99. The van der Waals surface area contributed by atoms with Crippen molar-refractivity contribution in [1.29, 1.82) is 0 Å². The minimum absolute atomic E-state index is 0.0112. The summed E-state index contributed by atoms with van der Waals surface area (Å²) in [6, 6.07) is 25.9. The highest BCUT2D eigenvalue weighted by Gasteiger charge is 2.30. The molecule has 1 N–H and O–H groups in total. The van der Waals surface area contributed by atoms with E-state index in [2.05, 4.69) is 20.3 Å². The molecule has 10 heteroatoms. The normalized spacial score (nSPS) is 13.9. The van der Waals surface area contributed by atoms with Crippen LogP contribution < -0.4 is 14.8 Å². The SMILES string of the molecule is FC(F)(F)c1cccc(COc2cccc(-c3cccc4nc(Nc5ccc(OCCN6CCCC6)cc5)nn34)c2)c1. The van der Waals surface area contributed by atoms with Gasteiger partial charge in [-0.2, -0.15) is 18.2 Å². The maximum atomic E-state index is 13.1. The summed E-state index contributed by atoms with van der Waals surface area (Å²) >= 11 is 0. The number of ether oxygens (including phenoxy) is 2. The molecule has 0 bridgehead atoms. The van der Waals surface area contributed by atoms with Gasteiger partial charge in [-0.05, 0) is 92.2 Å². The molecule has 0 spiro atoms. The van der Waals surface area contributed by atoms with Gasteiger partial charge in [-0.15, -0.1) is 5.10 Å². The summed E-state index contributed by atoms with van der Waals surface area (Å²) in [5.41, 5.74) is 2.85. The van der Waals surface area contributed by atoms with E-state index in [-0.39, 0.29) is 6.61 Å². The number of aromatic nitrogens is 3. The van der Waals surface area contributed by atoms with Gasteiger partial charge in [-0.3, -0.25) is 4.90 Å². The number of likely N-dealkylation sites (tertiary alicyclic amines) is 1. The van der Waals surface area contributed by atoms with E-state index >= 15 is 0 Å². The Kier molecular flexibility index (Phi) is 7.96. The third-order valence-electron chi connectivity index (χ3n) is 7.13. The molecule has 1 saturated heterocycles. The van der Waals surface area contributed by atoms with Gasteiger partial charge in [0.2, 0.25) is 5.95 Å². The first-order chi connectivity index (χ1) is 20.4. The summed E-state index contributed by atoms with van der Waals surface area (Å²) in [6.07, 6.45) is -1.86. The smallest absolute Gasteiger partial charge is 0.416 e. The molecule has 0 unspecified atom stereocenters. The summed E-state index contributed by atoms with van der Waals surface area (Å²) in [7, 11) is 0. The van der Waals surface area contributed by atoms with Gasteiger partial charge in [0, 0.05) is 17.8 Å². The average molecular weight is 574 g/mol. The number of hydrogen-bond acceptors (Lipinski definition) is 6. The number of hydrogen-bond donors (Lipinski definition) is 1. The van der Waals surface area contributed by atoms with E-state index in [1.54, 1.807) is 16.6 Å². The Hall–Kier alpha value is -4.57. The van der Waals surface area contributed by atoms with Crippen molar-refractivity contribution in [1.82, 2.24) is 19.5 Å². The zero-order valence-electron chi connectivity index (χ0n) is 22.8.